The lowest BCUT2D eigenvalue weighted by molar-refractivity contribution is 0.174. The zero-order valence-corrected chi connectivity index (χ0v) is 15.4. The summed E-state index contributed by atoms with van der Waals surface area (Å²) in [5, 5.41) is 0. The van der Waals surface area contributed by atoms with E-state index in [1.165, 1.54) is 30.5 Å². The number of hydrogen-bond donors (Lipinski definition) is 2. The second-order valence-corrected chi connectivity index (χ2v) is 7.61. The Labute approximate surface area is 161 Å². The van der Waals surface area contributed by atoms with E-state index in [-0.39, 0.29) is 17.6 Å². The zero-order chi connectivity index (χ0) is 19.6. The van der Waals surface area contributed by atoms with Gasteiger partial charge in [-0.3, -0.25) is 0 Å². The molecule has 0 radical (unpaired) electrons. The molecule has 0 atom stereocenters. The lowest BCUT2D eigenvalue weighted by Gasteiger charge is -2.07. The van der Waals surface area contributed by atoms with Crippen LogP contribution in [0, 0.1) is 0 Å². The van der Waals surface area contributed by atoms with Gasteiger partial charge in [0.15, 0.2) is 11.5 Å². The molecule has 1 aliphatic rings. The van der Waals surface area contributed by atoms with Crippen LogP contribution in [-0.4, -0.2) is 25.2 Å². The lowest BCUT2D eigenvalue weighted by atomic mass is 10.2. The smallest absolute Gasteiger partial charge is 0.264 e. The maximum absolute atomic E-state index is 12.4. The summed E-state index contributed by atoms with van der Waals surface area (Å²) in [6, 6.07) is 13.1. The second kappa shape index (κ2) is 7.20. The first-order valence-electron chi connectivity index (χ1n) is 8.29. The predicted octanol–water partition coefficient (Wildman–Crippen LogP) is 2.76. The van der Waals surface area contributed by atoms with Crippen LogP contribution in [0.25, 0.3) is 12.2 Å². The molecule has 2 heterocycles. The SMILES string of the molecule is Nc1ccc(S(=O)(=O)Nc2nccc(/C=C/c3ccc4c(c3)OCO4)n2)cc1. The fourth-order valence-corrected chi connectivity index (χ4v) is 3.49. The normalized spacial score (nSPS) is 13.0. The van der Waals surface area contributed by atoms with E-state index in [2.05, 4.69) is 14.7 Å². The van der Waals surface area contributed by atoms with E-state index >= 15 is 0 Å². The van der Waals surface area contributed by atoms with Gasteiger partial charge in [-0.05, 0) is 54.1 Å². The molecular formula is C19H16N4O4S. The Kier molecular flexibility index (Phi) is 4.58. The van der Waals surface area contributed by atoms with E-state index in [4.69, 9.17) is 15.2 Å². The van der Waals surface area contributed by atoms with Crippen LogP contribution in [0.3, 0.4) is 0 Å². The van der Waals surface area contributed by atoms with Gasteiger partial charge < -0.3 is 15.2 Å². The second-order valence-electron chi connectivity index (χ2n) is 5.93. The molecule has 0 fully saturated rings. The Morgan fingerprint density at radius 2 is 1.79 bits per heavy atom. The first-order valence-corrected chi connectivity index (χ1v) is 9.77. The van der Waals surface area contributed by atoms with Gasteiger partial charge in [0.2, 0.25) is 12.7 Å². The van der Waals surface area contributed by atoms with Crippen LogP contribution in [-0.2, 0) is 10.0 Å². The van der Waals surface area contributed by atoms with Crippen molar-refractivity contribution in [3.05, 3.63) is 66.0 Å². The summed E-state index contributed by atoms with van der Waals surface area (Å²) in [7, 11) is -3.81. The minimum Gasteiger partial charge on any atom is -0.454 e. The molecule has 3 N–H and O–H groups in total. The minimum atomic E-state index is -3.81. The molecule has 0 bridgehead atoms. The molecule has 1 aromatic heterocycles. The van der Waals surface area contributed by atoms with E-state index in [1.807, 2.05) is 24.3 Å². The number of nitrogens with zero attached hydrogens (tertiary/aromatic N) is 2. The third kappa shape index (κ3) is 3.89. The molecule has 0 amide bonds. The summed E-state index contributed by atoms with van der Waals surface area (Å²) in [5.74, 6) is 1.37. The molecule has 0 saturated heterocycles. The highest BCUT2D eigenvalue weighted by Gasteiger charge is 2.15. The number of nitrogens with two attached hydrogens (primary N) is 1. The maximum atomic E-state index is 12.4. The van der Waals surface area contributed by atoms with E-state index in [1.54, 1.807) is 12.1 Å². The van der Waals surface area contributed by atoms with Gasteiger partial charge >= 0.3 is 0 Å². The number of nitrogens with one attached hydrogen (secondary N) is 1. The molecule has 0 unspecified atom stereocenters. The van der Waals surface area contributed by atoms with Gasteiger partial charge in [0.1, 0.15) is 0 Å². The molecule has 142 valence electrons. The molecule has 0 aliphatic carbocycles. The summed E-state index contributed by atoms with van der Waals surface area (Å²) in [6.07, 6.45) is 5.07. The van der Waals surface area contributed by atoms with Gasteiger partial charge in [-0.25, -0.2) is 23.1 Å². The summed E-state index contributed by atoms with van der Waals surface area (Å²) in [6.45, 7) is 0.214. The van der Waals surface area contributed by atoms with Crippen LogP contribution in [0.1, 0.15) is 11.3 Å². The Balaban J connectivity index is 1.52. The number of aromatic nitrogens is 2. The number of fused-ring (bicyclic) bond motifs is 1. The number of ether oxygens (including phenoxy) is 2. The van der Waals surface area contributed by atoms with Gasteiger partial charge in [-0.1, -0.05) is 12.1 Å². The van der Waals surface area contributed by atoms with E-state index in [0.717, 1.165) is 5.56 Å². The quantitative estimate of drug-likeness (QED) is 0.637. The molecular weight excluding hydrogens is 380 g/mol. The molecule has 2 aromatic carbocycles. The largest absolute Gasteiger partial charge is 0.454 e. The number of anilines is 2. The molecule has 28 heavy (non-hydrogen) atoms. The fraction of sp³-hybridized carbons (Fsp3) is 0.0526. The van der Waals surface area contributed by atoms with Crippen molar-refractivity contribution in [3.63, 3.8) is 0 Å². The summed E-state index contributed by atoms with van der Waals surface area (Å²) in [5.41, 5.74) is 7.51. The van der Waals surface area contributed by atoms with Crippen molar-refractivity contribution < 1.29 is 17.9 Å². The fourth-order valence-electron chi connectivity index (χ4n) is 2.54. The average Bonchev–Trinajstić information content (AvgIpc) is 3.14. The maximum Gasteiger partial charge on any atom is 0.264 e. The van der Waals surface area contributed by atoms with Gasteiger partial charge in [-0.2, -0.15) is 0 Å². The Morgan fingerprint density at radius 3 is 2.61 bits per heavy atom. The van der Waals surface area contributed by atoms with E-state index < -0.39 is 10.0 Å². The Hall–Kier alpha value is -3.59. The predicted molar refractivity (Wildman–Crippen MR) is 105 cm³/mol. The molecule has 4 rings (SSSR count). The number of nitrogen functional groups attached to an aromatic ring is 1. The highest BCUT2D eigenvalue weighted by atomic mass is 32.2. The van der Waals surface area contributed by atoms with Crippen LogP contribution in [0.15, 0.2) is 59.6 Å². The van der Waals surface area contributed by atoms with E-state index in [9.17, 15) is 8.42 Å². The number of sulfonamides is 1. The Bertz CT molecular complexity index is 1140. The highest BCUT2D eigenvalue weighted by molar-refractivity contribution is 7.92. The average molecular weight is 396 g/mol. The van der Waals surface area contributed by atoms with Crippen molar-refractivity contribution in [3.8, 4) is 11.5 Å². The topological polar surface area (TPSA) is 116 Å². The number of rotatable bonds is 5. The Morgan fingerprint density at radius 1 is 1.00 bits per heavy atom. The minimum absolute atomic E-state index is 0.0235. The van der Waals surface area contributed by atoms with E-state index in [0.29, 0.717) is 22.9 Å². The molecule has 8 nitrogen and oxygen atoms in total. The third-order valence-corrected chi connectivity index (χ3v) is 5.28. The van der Waals surface area contributed by atoms with Gasteiger partial charge in [0.25, 0.3) is 10.0 Å². The first kappa shape index (κ1) is 17.8. The van der Waals surface area contributed by atoms with Gasteiger partial charge in [0, 0.05) is 11.9 Å². The third-order valence-electron chi connectivity index (χ3n) is 3.94. The summed E-state index contributed by atoms with van der Waals surface area (Å²) >= 11 is 0. The van der Waals surface area contributed by atoms with Crippen molar-refractivity contribution in [2.45, 2.75) is 4.90 Å². The monoisotopic (exact) mass is 396 g/mol. The van der Waals surface area contributed by atoms with Crippen molar-refractivity contribution in [1.29, 1.82) is 0 Å². The van der Waals surface area contributed by atoms with Crippen molar-refractivity contribution >= 4 is 33.8 Å². The first-order chi connectivity index (χ1) is 13.5. The van der Waals surface area contributed by atoms with Crippen molar-refractivity contribution in [2.75, 3.05) is 17.2 Å². The van der Waals surface area contributed by atoms with Crippen molar-refractivity contribution in [2.24, 2.45) is 0 Å². The van der Waals surface area contributed by atoms with Crippen LogP contribution in [0.2, 0.25) is 0 Å². The number of benzene rings is 2. The van der Waals surface area contributed by atoms with Crippen molar-refractivity contribution in [1.82, 2.24) is 9.97 Å². The molecule has 1 aliphatic heterocycles. The molecule has 0 saturated carbocycles. The lowest BCUT2D eigenvalue weighted by Crippen LogP contribution is -2.15. The summed E-state index contributed by atoms with van der Waals surface area (Å²) < 4.78 is 37.9. The number of hydrogen-bond acceptors (Lipinski definition) is 7. The molecule has 9 heteroatoms. The molecule has 3 aromatic rings. The zero-order valence-electron chi connectivity index (χ0n) is 14.6. The standard InChI is InChI=1S/C19H16N4O4S/c20-14-3-6-16(7-4-14)28(24,25)23-19-21-10-9-15(22-19)5-1-13-2-8-17-18(11-13)27-12-26-17/h1-11H,12,20H2,(H,21,22,23)/b5-1+. The highest BCUT2D eigenvalue weighted by Crippen LogP contribution is 2.32. The summed E-state index contributed by atoms with van der Waals surface area (Å²) in [4.78, 5) is 8.27. The molecule has 0 spiro atoms. The van der Waals surface area contributed by atoms with Gasteiger partial charge in [-0.15, -0.1) is 0 Å². The van der Waals surface area contributed by atoms with Crippen LogP contribution in [0.4, 0.5) is 11.6 Å². The van der Waals surface area contributed by atoms with Gasteiger partial charge in [0.05, 0.1) is 10.6 Å². The van der Waals surface area contributed by atoms with Crippen LogP contribution < -0.4 is 19.9 Å². The van der Waals surface area contributed by atoms with Crippen LogP contribution >= 0.6 is 0 Å². The van der Waals surface area contributed by atoms with Crippen LogP contribution in [0.5, 0.6) is 11.5 Å².